The number of halogens is 1. The summed E-state index contributed by atoms with van der Waals surface area (Å²) in [4.78, 5) is 20.8. The quantitative estimate of drug-likeness (QED) is 0.330. The van der Waals surface area contributed by atoms with Crippen molar-refractivity contribution in [2.75, 3.05) is 34.3 Å². The number of ether oxygens (including phenoxy) is 1. The number of carbonyl (C=O) groups excluding carboxylic acids is 1. The Morgan fingerprint density at radius 2 is 1.90 bits per heavy atom. The number of benzene rings is 1. The zero-order chi connectivity index (χ0) is 20.6. The van der Waals surface area contributed by atoms with Gasteiger partial charge in [-0.25, -0.2) is 0 Å². The molecule has 3 rings (SSSR count). The van der Waals surface area contributed by atoms with Crippen molar-refractivity contribution in [1.82, 2.24) is 15.5 Å². The minimum absolute atomic E-state index is 0. The van der Waals surface area contributed by atoms with Crippen molar-refractivity contribution in [3.63, 3.8) is 0 Å². The third kappa shape index (κ3) is 6.60. The second-order valence-corrected chi connectivity index (χ2v) is 8.37. The Hall–Kier alpha value is -1.81. The van der Waals surface area contributed by atoms with Gasteiger partial charge in [0.25, 0.3) is 0 Å². The van der Waals surface area contributed by atoms with Gasteiger partial charge in [-0.15, -0.1) is 35.3 Å². The molecule has 1 aromatic heterocycles. The van der Waals surface area contributed by atoms with Crippen LogP contribution in [0.15, 0.2) is 41.4 Å². The van der Waals surface area contributed by atoms with E-state index in [9.17, 15) is 4.79 Å². The van der Waals surface area contributed by atoms with Crippen molar-refractivity contribution >= 4 is 47.2 Å². The van der Waals surface area contributed by atoms with Crippen LogP contribution in [0.3, 0.4) is 0 Å². The summed E-state index contributed by atoms with van der Waals surface area (Å²) in [5.74, 6) is 2.41. The molecule has 8 heteroatoms. The van der Waals surface area contributed by atoms with E-state index in [1.807, 2.05) is 19.2 Å². The summed E-state index contributed by atoms with van der Waals surface area (Å²) in [6.07, 6.45) is 2.67. The van der Waals surface area contributed by atoms with Crippen LogP contribution in [-0.2, 0) is 11.3 Å². The number of guanidine groups is 1. The standard InChI is InChI=1S/C22H30N4O2S.HI/c1-23-21(27)14-16-10-12-26(13-11-16)22(24-2)25-15-19-8-9-20(29-19)17-4-6-18(28-3)7-5-17;/h4-9,16H,10-15H2,1-3H3,(H,23,27)(H,24,25);1H. The van der Waals surface area contributed by atoms with Crippen molar-refractivity contribution < 1.29 is 9.53 Å². The molecule has 2 aromatic rings. The smallest absolute Gasteiger partial charge is 0.220 e. The highest BCUT2D eigenvalue weighted by molar-refractivity contribution is 14.0. The minimum Gasteiger partial charge on any atom is -0.497 e. The Labute approximate surface area is 200 Å². The Balaban J connectivity index is 0.00000320. The van der Waals surface area contributed by atoms with Crippen LogP contribution in [0.4, 0.5) is 0 Å². The molecule has 1 aliphatic rings. The van der Waals surface area contributed by atoms with Crippen LogP contribution in [-0.4, -0.2) is 51.1 Å². The first-order valence-corrected chi connectivity index (χ1v) is 10.8. The molecule has 1 amide bonds. The lowest BCUT2D eigenvalue weighted by atomic mass is 9.93. The summed E-state index contributed by atoms with van der Waals surface area (Å²) >= 11 is 1.79. The number of carbonyl (C=O) groups is 1. The van der Waals surface area contributed by atoms with Crippen molar-refractivity contribution in [1.29, 1.82) is 0 Å². The first kappa shape index (κ1) is 24.5. The van der Waals surface area contributed by atoms with Crippen LogP contribution in [0, 0.1) is 5.92 Å². The second kappa shape index (κ2) is 12.1. The van der Waals surface area contributed by atoms with Crippen molar-refractivity contribution in [2.24, 2.45) is 10.9 Å². The third-order valence-electron chi connectivity index (χ3n) is 5.34. The summed E-state index contributed by atoms with van der Waals surface area (Å²) in [6.45, 7) is 2.62. The van der Waals surface area contributed by atoms with E-state index in [0.717, 1.165) is 44.2 Å². The Kier molecular flexibility index (Phi) is 9.90. The Bertz CT molecular complexity index is 830. The summed E-state index contributed by atoms with van der Waals surface area (Å²) < 4.78 is 5.23. The molecule has 0 bridgehead atoms. The van der Waals surface area contributed by atoms with Gasteiger partial charge >= 0.3 is 0 Å². The van der Waals surface area contributed by atoms with Gasteiger partial charge in [0.2, 0.25) is 5.91 Å². The van der Waals surface area contributed by atoms with E-state index in [-0.39, 0.29) is 29.9 Å². The third-order valence-corrected chi connectivity index (χ3v) is 6.47. The van der Waals surface area contributed by atoms with E-state index in [1.54, 1.807) is 25.5 Å². The van der Waals surface area contributed by atoms with Crippen LogP contribution in [0.5, 0.6) is 5.75 Å². The predicted molar refractivity (Wildman–Crippen MR) is 135 cm³/mol. The number of hydrogen-bond acceptors (Lipinski definition) is 4. The highest BCUT2D eigenvalue weighted by Crippen LogP contribution is 2.29. The number of amides is 1. The molecule has 1 aromatic carbocycles. The SMILES string of the molecule is CN=C(NCc1ccc(-c2ccc(OC)cc2)s1)N1CCC(CC(=O)NC)CC1.I. The van der Waals surface area contributed by atoms with Crippen molar-refractivity contribution in [3.05, 3.63) is 41.3 Å². The molecule has 1 aliphatic heterocycles. The predicted octanol–water partition coefficient (Wildman–Crippen LogP) is 3.97. The fourth-order valence-electron chi connectivity index (χ4n) is 3.59. The largest absolute Gasteiger partial charge is 0.497 e. The second-order valence-electron chi connectivity index (χ2n) is 7.20. The van der Waals surface area contributed by atoms with Gasteiger partial charge in [0.1, 0.15) is 5.75 Å². The zero-order valence-corrected chi connectivity index (χ0v) is 21.0. The molecule has 0 aliphatic carbocycles. The maximum absolute atomic E-state index is 11.6. The number of aliphatic imine (C=N–C) groups is 1. The molecule has 0 unspecified atom stereocenters. The van der Waals surface area contributed by atoms with Crippen LogP contribution in [0.2, 0.25) is 0 Å². The number of hydrogen-bond donors (Lipinski definition) is 2. The molecule has 0 spiro atoms. The van der Waals surface area contributed by atoms with E-state index in [0.29, 0.717) is 12.3 Å². The van der Waals surface area contributed by atoms with Gasteiger partial charge in [-0.3, -0.25) is 9.79 Å². The monoisotopic (exact) mass is 542 g/mol. The van der Waals surface area contributed by atoms with Gasteiger partial charge in [0.05, 0.1) is 13.7 Å². The van der Waals surface area contributed by atoms with Gasteiger partial charge in [-0.05, 0) is 60.7 Å². The minimum atomic E-state index is 0. The topological polar surface area (TPSA) is 66.0 Å². The molecular formula is C22H31IN4O2S. The molecule has 1 saturated heterocycles. The number of nitrogens with one attached hydrogen (secondary N) is 2. The maximum atomic E-state index is 11.6. The van der Waals surface area contributed by atoms with E-state index in [1.165, 1.54) is 15.3 Å². The number of rotatable bonds is 6. The van der Waals surface area contributed by atoms with Crippen LogP contribution < -0.4 is 15.4 Å². The number of piperidine rings is 1. The summed E-state index contributed by atoms with van der Waals surface area (Å²) in [6, 6.07) is 12.5. The molecule has 0 atom stereocenters. The molecule has 164 valence electrons. The molecule has 2 heterocycles. The molecule has 1 fully saturated rings. The molecule has 30 heavy (non-hydrogen) atoms. The lowest BCUT2D eigenvalue weighted by molar-refractivity contribution is -0.121. The van der Waals surface area contributed by atoms with Gasteiger partial charge < -0.3 is 20.3 Å². The fourth-order valence-corrected chi connectivity index (χ4v) is 4.55. The van der Waals surface area contributed by atoms with Gasteiger partial charge in [0.15, 0.2) is 5.96 Å². The number of nitrogens with zero attached hydrogens (tertiary/aromatic N) is 2. The normalized spacial score (nSPS) is 14.8. The highest BCUT2D eigenvalue weighted by Gasteiger charge is 2.23. The van der Waals surface area contributed by atoms with Crippen LogP contribution >= 0.6 is 35.3 Å². The van der Waals surface area contributed by atoms with Gasteiger partial charge in [-0.2, -0.15) is 0 Å². The molecule has 2 N–H and O–H groups in total. The first-order chi connectivity index (χ1) is 14.1. The lowest BCUT2D eigenvalue weighted by Crippen LogP contribution is -2.45. The first-order valence-electron chi connectivity index (χ1n) is 10.0. The van der Waals surface area contributed by atoms with E-state index in [2.05, 4.69) is 44.8 Å². The summed E-state index contributed by atoms with van der Waals surface area (Å²) in [5.41, 5.74) is 1.20. The molecule has 0 saturated carbocycles. The lowest BCUT2D eigenvalue weighted by Gasteiger charge is -2.34. The molecular weight excluding hydrogens is 511 g/mol. The molecule has 0 radical (unpaired) electrons. The van der Waals surface area contributed by atoms with Crippen LogP contribution in [0.1, 0.15) is 24.1 Å². The average Bonchev–Trinajstić information content (AvgIpc) is 3.24. The Morgan fingerprint density at radius 3 is 2.50 bits per heavy atom. The number of likely N-dealkylation sites (tertiary alicyclic amines) is 1. The average molecular weight is 542 g/mol. The van der Waals surface area contributed by atoms with E-state index >= 15 is 0 Å². The van der Waals surface area contributed by atoms with Crippen molar-refractivity contribution in [2.45, 2.75) is 25.8 Å². The summed E-state index contributed by atoms with van der Waals surface area (Å²) in [7, 11) is 5.21. The maximum Gasteiger partial charge on any atom is 0.220 e. The highest BCUT2D eigenvalue weighted by atomic mass is 127. The number of methoxy groups -OCH3 is 1. The van der Waals surface area contributed by atoms with Crippen molar-refractivity contribution in [3.8, 4) is 16.2 Å². The number of thiophene rings is 1. The van der Waals surface area contributed by atoms with Gasteiger partial charge in [-0.1, -0.05) is 0 Å². The fraction of sp³-hybridized carbons (Fsp3) is 0.455. The van der Waals surface area contributed by atoms with Crippen LogP contribution in [0.25, 0.3) is 10.4 Å². The zero-order valence-electron chi connectivity index (χ0n) is 17.8. The molecule has 6 nitrogen and oxygen atoms in total. The van der Waals surface area contributed by atoms with Gasteiger partial charge in [0, 0.05) is 43.4 Å². The Morgan fingerprint density at radius 1 is 1.20 bits per heavy atom. The van der Waals surface area contributed by atoms with E-state index in [4.69, 9.17) is 4.74 Å². The summed E-state index contributed by atoms with van der Waals surface area (Å²) in [5, 5.41) is 6.21. The van der Waals surface area contributed by atoms with E-state index < -0.39 is 0 Å².